The molecule has 2 aromatic rings. The van der Waals surface area contributed by atoms with E-state index in [1.54, 1.807) is 7.11 Å². The Bertz CT molecular complexity index is 622. The van der Waals surface area contributed by atoms with E-state index in [0.717, 1.165) is 22.9 Å². The summed E-state index contributed by atoms with van der Waals surface area (Å²) in [5.74, 6) is 3.04. The normalized spacial score (nSPS) is 16.5. The first-order chi connectivity index (χ1) is 9.69. The van der Waals surface area contributed by atoms with Gasteiger partial charge in [0.25, 0.3) is 0 Å². The molecule has 1 atom stereocenters. The highest BCUT2D eigenvalue weighted by Gasteiger charge is 2.25. The van der Waals surface area contributed by atoms with E-state index in [-0.39, 0.29) is 6.04 Å². The standard InChI is InChI=1S/C17H19NO2/c1-11(2)17-13-6-4-5-7-15(13)20-16-9-8-12(19-3)10-14(16)18-17/h4-11,17-18H,1-3H3. The molecule has 0 fully saturated rings. The molecule has 0 bridgehead atoms. The Morgan fingerprint density at radius 3 is 2.65 bits per heavy atom. The summed E-state index contributed by atoms with van der Waals surface area (Å²) in [7, 11) is 1.67. The van der Waals surface area contributed by atoms with Crippen molar-refractivity contribution in [1.29, 1.82) is 0 Å². The topological polar surface area (TPSA) is 30.5 Å². The van der Waals surface area contributed by atoms with Crippen LogP contribution in [0.2, 0.25) is 0 Å². The van der Waals surface area contributed by atoms with E-state index in [0.29, 0.717) is 5.92 Å². The van der Waals surface area contributed by atoms with Crippen LogP contribution in [0.25, 0.3) is 0 Å². The third-order valence-electron chi connectivity index (χ3n) is 3.64. The molecule has 0 amide bonds. The van der Waals surface area contributed by atoms with E-state index >= 15 is 0 Å². The zero-order chi connectivity index (χ0) is 14.1. The maximum atomic E-state index is 6.06. The molecule has 1 aliphatic heterocycles. The molecule has 0 aromatic heterocycles. The fraction of sp³-hybridized carbons (Fsp3) is 0.294. The second-order valence-corrected chi connectivity index (χ2v) is 5.37. The number of hydrogen-bond acceptors (Lipinski definition) is 3. The molecule has 2 aromatic carbocycles. The number of methoxy groups -OCH3 is 1. The van der Waals surface area contributed by atoms with E-state index in [2.05, 4.69) is 31.3 Å². The molecule has 3 rings (SSSR count). The average molecular weight is 269 g/mol. The van der Waals surface area contributed by atoms with Gasteiger partial charge in [-0.2, -0.15) is 0 Å². The second kappa shape index (κ2) is 5.08. The fourth-order valence-corrected chi connectivity index (χ4v) is 2.56. The van der Waals surface area contributed by atoms with Gasteiger partial charge in [-0.3, -0.25) is 0 Å². The van der Waals surface area contributed by atoms with Gasteiger partial charge in [-0.25, -0.2) is 0 Å². The van der Waals surface area contributed by atoms with Gasteiger partial charge in [0, 0.05) is 11.6 Å². The van der Waals surface area contributed by atoms with Crippen LogP contribution in [-0.2, 0) is 0 Å². The summed E-state index contributed by atoms with van der Waals surface area (Å²) < 4.78 is 11.4. The molecule has 0 saturated carbocycles. The van der Waals surface area contributed by atoms with E-state index in [1.807, 2.05) is 30.3 Å². The second-order valence-electron chi connectivity index (χ2n) is 5.37. The Labute approximate surface area is 119 Å². The first-order valence-corrected chi connectivity index (χ1v) is 6.90. The Kier molecular flexibility index (Phi) is 3.26. The molecule has 0 saturated heterocycles. The zero-order valence-corrected chi connectivity index (χ0v) is 12.0. The van der Waals surface area contributed by atoms with E-state index in [4.69, 9.17) is 9.47 Å². The maximum absolute atomic E-state index is 6.06. The molecular formula is C17H19NO2. The van der Waals surface area contributed by atoms with Crippen LogP contribution in [0, 0.1) is 5.92 Å². The smallest absolute Gasteiger partial charge is 0.150 e. The number of benzene rings is 2. The summed E-state index contributed by atoms with van der Waals surface area (Å²) in [4.78, 5) is 0. The highest BCUT2D eigenvalue weighted by Crippen LogP contribution is 2.43. The molecular weight excluding hydrogens is 250 g/mol. The molecule has 1 N–H and O–H groups in total. The van der Waals surface area contributed by atoms with Crippen LogP contribution in [0.1, 0.15) is 25.5 Å². The van der Waals surface area contributed by atoms with Gasteiger partial charge in [-0.05, 0) is 24.1 Å². The van der Waals surface area contributed by atoms with Crippen LogP contribution in [0.5, 0.6) is 17.2 Å². The summed E-state index contributed by atoms with van der Waals surface area (Å²) in [6.07, 6.45) is 0. The highest BCUT2D eigenvalue weighted by molar-refractivity contribution is 5.64. The van der Waals surface area contributed by atoms with Gasteiger partial charge in [0.15, 0.2) is 5.75 Å². The lowest BCUT2D eigenvalue weighted by molar-refractivity contribution is 0.413. The molecule has 0 aliphatic carbocycles. The van der Waals surface area contributed by atoms with Crippen molar-refractivity contribution in [2.45, 2.75) is 19.9 Å². The van der Waals surface area contributed by atoms with Gasteiger partial charge in [0.1, 0.15) is 11.5 Å². The molecule has 0 spiro atoms. The summed E-state index contributed by atoms with van der Waals surface area (Å²) in [6.45, 7) is 4.42. The number of nitrogens with one attached hydrogen (secondary N) is 1. The summed E-state index contributed by atoms with van der Waals surface area (Å²) in [6, 6.07) is 14.3. The van der Waals surface area contributed by atoms with Crippen molar-refractivity contribution in [3.8, 4) is 17.2 Å². The van der Waals surface area contributed by atoms with Crippen LogP contribution in [-0.4, -0.2) is 7.11 Å². The Hall–Kier alpha value is -2.16. The molecule has 0 radical (unpaired) electrons. The van der Waals surface area contributed by atoms with Gasteiger partial charge in [0.2, 0.25) is 0 Å². The van der Waals surface area contributed by atoms with Gasteiger partial charge in [0.05, 0.1) is 18.8 Å². The van der Waals surface area contributed by atoms with Crippen molar-refractivity contribution >= 4 is 5.69 Å². The van der Waals surface area contributed by atoms with Crippen molar-refractivity contribution in [2.75, 3.05) is 12.4 Å². The molecule has 3 nitrogen and oxygen atoms in total. The molecule has 3 heteroatoms. The minimum absolute atomic E-state index is 0.222. The fourth-order valence-electron chi connectivity index (χ4n) is 2.56. The predicted molar refractivity (Wildman–Crippen MR) is 80.7 cm³/mol. The molecule has 1 aliphatic rings. The predicted octanol–water partition coefficient (Wildman–Crippen LogP) is 4.61. The number of anilines is 1. The summed E-state index contributed by atoms with van der Waals surface area (Å²) in [5, 5.41) is 3.58. The summed E-state index contributed by atoms with van der Waals surface area (Å²) >= 11 is 0. The van der Waals surface area contributed by atoms with Crippen molar-refractivity contribution in [3.05, 3.63) is 48.0 Å². The van der Waals surface area contributed by atoms with E-state index < -0.39 is 0 Å². The minimum Gasteiger partial charge on any atom is -0.497 e. The minimum atomic E-state index is 0.222. The quantitative estimate of drug-likeness (QED) is 0.863. The Balaban J connectivity index is 2.11. The lowest BCUT2D eigenvalue weighted by Gasteiger charge is -2.22. The lowest BCUT2D eigenvalue weighted by Crippen LogP contribution is -2.15. The van der Waals surface area contributed by atoms with Gasteiger partial charge in [-0.1, -0.05) is 32.0 Å². The van der Waals surface area contributed by atoms with Crippen LogP contribution in [0.15, 0.2) is 42.5 Å². The zero-order valence-electron chi connectivity index (χ0n) is 12.0. The first kappa shape index (κ1) is 12.9. The number of hydrogen-bond donors (Lipinski definition) is 1. The number of fused-ring (bicyclic) bond motifs is 2. The maximum Gasteiger partial charge on any atom is 0.150 e. The SMILES string of the molecule is COc1ccc2c(c1)NC(C(C)C)c1ccccc1O2. The first-order valence-electron chi connectivity index (χ1n) is 6.90. The van der Waals surface area contributed by atoms with Gasteiger partial charge >= 0.3 is 0 Å². The molecule has 20 heavy (non-hydrogen) atoms. The van der Waals surface area contributed by atoms with E-state index in [1.165, 1.54) is 5.56 Å². The number of para-hydroxylation sites is 1. The van der Waals surface area contributed by atoms with Crippen LogP contribution < -0.4 is 14.8 Å². The Morgan fingerprint density at radius 1 is 1.10 bits per heavy atom. The Morgan fingerprint density at radius 2 is 1.90 bits per heavy atom. The van der Waals surface area contributed by atoms with Crippen molar-refractivity contribution in [1.82, 2.24) is 0 Å². The van der Waals surface area contributed by atoms with Crippen molar-refractivity contribution in [2.24, 2.45) is 5.92 Å². The van der Waals surface area contributed by atoms with Crippen LogP contribution in [0.3, 0.4) is 0 Å². The van der Waals surface area contributed by atoms with Crippen molar-refractivity contribution < 1.29 is 9.47 Å². The molecule has 104 valence electrons. The third-order valence-corrected chi connectivity index (χ3v) is 3.64. The summed E-state index contributed by atoms with van der Waals surface area (Å²) in [5.41, 5.74) is 2.16. The molecule has 1 unspecified atom stereocenters. The highest BCUT2D eigenvalue weighted by atomic mass is 16.5. The van der Waals surface area contributed by atoms with Gasteiger partial charge < -0.3 is 14.8 Å². The largest absolute Gasteiger partial charge is 0.497 e. The third kappa shape index (κ3) is 2.20. The average Bonchev–Trinajstić information content (AvgIpc) is 2.62. The lowest BCUT2D eigenvalue weighted by atomic mass is 9.95. The van der Waals surface area contributed by atoms with Crippen molar-refractivity contribution in [3.63, 3.8) is 0 Å². The van der Waals surface area contributed by atoms with Gasteiger partial charge in [-0.15, -0.1) is 0 Å². The van der Waals surface area contributed by atoms with Crippen LogP contribution >= 0.6 is 0 Å². The monoisotopic (exact) mass is 269 g/mol. The number of rotatable bonds is 2. The number of ether oxygens (including phenoxy) is 2. The molecule has 1 heterocycles. The van der Waals surface area contributed by atoms with Crippen LogP contribution in [0.4, 0.5) is 5.69 Å². The van der Waals surface area contributed by atoms with E-state index in [9.17, 15) is 0 Å².